The number of rotatable bonds is 6. The first kappa shape index (κ1) is 20.2. The average Bonchev–Trinajstić information content (AvgIpc) is 2.84. The summed E-state index contributed by atoms with van der Waals surface area (Å²) in [6.07, 6.45) is 4.66. The number of hydrogen-bond acceptors (Lipinski definition) is 3. The highest BCUT2D eigenvalue weighted by molar-refractivity contribution is 7.89. The maximum absolute atomic E-state index is 12.9. The van der Waals surface area contributed by atoms with Gasteiger partial charge in [0, 0.05) is 25.2 Å². The number of carbonyl (C=O) groups excluding carboxylic acids is 1. The van der Waals surface area contributed by atoms with Crippen LogP contribution in [0, 0.1) is 5.92 Å². The van der Waals surface area contributed by atoms with Crippen LogP contribution in [0.2, 0.25) is 5.02 Å². The Balaban J connectivity index is 2.21. The molecule has 1 saturated heterocycles. The molecule has 1 amide bonds. The molecule has 2 rings (SSSR count). The first-order valence-electron chi connectivity index (χ1n) is 8.90. The van der Waals surface area contributed by atoms with E-state index in [1.54, 1.807) is 6.07 Å². The van der Waals surface area contributed by atoms with Gasteiger partial charge in [0.05, 0.1) is 5.02 Å². The van der Waals surface area contributed by atoms with Gasteiger partial charge in [0.2, 0.25) is 10.0 Å². The van der Waals surface area contributed by atoms with Crippen LogP contribution in [0.3, 0.4) is 0 Å². The fourth-order valence-corrected chi connectivity index (χ4v) is 4.86. The highest BCUT2D eigenvalue weighted by atomic mass is 35.5. The van der Waals surface area contributed by atoms with Gasteiger partial charge in [0.25, 0.3) is 5.91 Å². The number of benzene rings is 1. The van der Waals surface area contributed by atoms with Crippen molar-refractivity contribution in [3.8, 4) is 0 Å². The molecule has 5 nitrogen and oxygen atoms in total. The second kappa shape index (κ2) is 9.01. The molecule has 0 unspecified atom stereocenters. The zero-order valence-electron chi connectivity index (χ0n) is 14.9. The van der Waals surface area contributed by atoms with E-state index in [9.17, 15) is 13.2 Å². The maximum Gasteiger partial charge on any atom is 0.251 e. The third-order valence-corrected chi connectivity index (χ3v) is 6.76. The molecule has 0 aromatic heterocycles. The minimum Gasteiger partial charge on any atom is -0.352 e. The lowest BCUT2D eigenvalue weighted by Gasteiger charge is -2.21. The lowest BCUT2D eigenvalue weighted by atomic mass is 10.1. The largest absolute Gasteiger partial charge is 0.352 e. The summed E-state index contributed by atoms with van der Waals surface area (Å²) in [5.41, 5.74) is 0.321. The van der Waals surface area contributed by atoms with Crippen molar-refractivity contribution in [1.82, 2.24) is 9.62 Å². The molecule has 1 aliphatic heterocycles. The minimum absolute atomic E-state index is 0.0209. The summed E-state index contributed by atoms with van der Waals surface area (Å²) in [5, 5.41) is 2.98. The van der Waals surface area contributed by atoms with Crippen LogP contribution in [0.1, 0.15) is 56.3 Å². The van der Waals surface area contributed by atoms with Gasteiger partial charge in [0.15, 0.2) is 0 Å². The molecular weight excluding hydrogens is 360 g/mol. The number of carbonyl (C=O) groups is 1. The second-order valence-corrected chi connectivity index (χ2v) is 9.22. The molecule has 25 heavy (non-hydrogen) atoms. The molecule has 140 valence electrons. The molecule has 1 aromatic rings. The standard InChI is InChI=1S/C18H27ClN2O3S/c1-14(2)9-10-20-18(22)15-7-8-16(19)17(13-15)25(23,24)21-11-5-3-4-6-12-21/h7-8,13-14H,3-6,9-12H2,1-2H3,(H,20,22). The summed E-state index contributed by atoms with van der Waals surface area (Å²) in [7, 11) is -3.68. The fraction of sp³-hybridized carbons (Fsp3) is 0.611. The van der Waals surface area contributed by atoms with E-state index in [-0.39, 0.29) is 15.8 Å². The summed E-state index contributed by atoms with van der Waals surface area (Å²) in [6, 6.07) is 4.45. The average molecular weight is 387 g/mol. The highest BCUT2D eigenvalue weighted by Gasteiger charge is 2.28. The smallest absolute Gasteiger partial charge is 0.251 e. The van der Waals surface area contributed by atoms with E-state index < -0.39 is 10.0 Å². The van der Waals surface area contributed by atoms with Crippen molar-refractivity contribution >= 4 is 27.5 Å². The molecule has 0 bridgehead atoms. The van der Waals surface area contributed by atoms with Gasteiger partial charge in [-0.1, -0.05) is 38.3 Å². The second-order valence-electron chi connectivity index (χ2n) is 6.90. The maximum atomic E-state index is 12.9. The third kappa shape index (κ3) is 5.43. The monoisotopic (exact) mass is 386 g/mol. The molecule has 0 atom stereocenters. The Kier molecular flexibility index (Phi) is 7.28. The van der Waals surface area contributed by atoms with Crippen LogP contribution in [-0.2, 0) is 10.0 Å². The van der Waals surface area contributed by atoms with Crippen molar-refractivity contribution in [3.63, 3.8) is 0 Å². The van der Waals surface area contributed by atoms with Crippen LogP contribution in [0.25, 0.3) is 0 Å². The van der Waals surface area contributed by atoms with E-state index in [4.69, 9.17) is 11.6 Å². The lowest BCUT2D eigenvalue weighted by molar-refractivity contribution is 0.0952. The Morgan fingerprint density at radius 1 is 1.20 bits per heavy atom. The fourth-order valence-electron chi connectivity index (χ4n) is 2.84. The Hall–Kier alpha value is -1.11. The molecule has 0 spiro atoms. The van der Waals surface area contributed by atoms with E-state index in [1.807, 2.05) is 0 Å². The Bertz CT molecular complexity index is 696. The number of nitrogens with one attached hydrogen (secondary N) is 1. The molecule has 1 fully saturated rings. The lowest BCUT2D eigenvalue weighted by Crippen LogP contribution is -2.32. The summed E-state index contributed by atoms with van der Waals surface area (Å²) in [5.74, 6) is 0.217. The van der Waals surface area contributed by atoms with E-state index in [0.717, 1.165) is 32.1 Å². The number of hydrogen-bond donors (Lipinski definition) is 1. The number of nitrogens with zero attached hydrogens (tertiary/aromatic N) is 1. The summed E-state index contributed by atoms with van der Waals surface area (Å²) in [4.78, 5) is 12.3. The molecule has 0 aliphatic carbocycles. The van der Waals surface area contributed by atoms with Crippen molar-refractivity contribution in [1.29, 1.82) is 0 Å². The molecule has 7 heteroatoms. The van der Waals surface area contributed by atoms with Crippen molar-refractivity contribution < 1.29 is 13.2 Å². The van der Waals surface area contributed by atoms with Gasteiger partial charge in [0.1, 0.15) is 4.90 Å². The summed E-state index contributed by atoms with van der Waals surface area (Å²) in [6.45, 7) is 5.74. The van der Waals surface area contributed by atoms with Gasteiger partial charge >= 0.3 is 0 Å². The van der Waals surface area contributed by atoms with E-state index in [0.29, 0.717) is 31.1 Å². The molecule has 0 saturated carbocycles. The van der Waals surface area contributed by atoms with Gasteiger partial charge in [-0.2, -0.15) is 4.31 Å². The van der Waals surface area contributed by atoms with Crippen molar-refractivity contribution in [3.05, 3.63) is 28.8 Å². The molecule has 1 N–H and O–H groups in total. The van der Waals surface area contributed by atoms with Crippen LogP contribution >= 0.6 is 11.6 Å². The first-order chi connectivity index (χ1) is 11.8. The summed E-state index contributed by atoms with van der Waals surface area (Å²) >= 11 is 6.15. The third-order valence-electron chi connectivity index (χ3n) is 4.38. The van der Waals surface area contributed by atoms with E-state index >= 15 is 0 Å². The molecular formula is C18H27ClN2O3S. The minimum atomic E-state index is -3.68. The van der Waals surface area contributed by atoms with Crippen LogP contribution in [0.4, 0.5) is 0 Å². The molecule has 1 aromatic carbocycles. The highest BCUT2D eigenvalue weighted by Crippen LogP contribution is 2.27. The first-order valence-corrected chi connectivity index (χ1v) is 10.7. The number of amides is 1. The van der Waals surface area contributed by atoms with Gasteiger partial charge in [-0.05, 0) is 43.4 Å². The normalized spacial score (nSPS) is 16.6. The topological polar surface area (TPSA) is 66.5 Å². The van der Waals surface area contributed by atoms with Crippen molar-refractivity contribution in [2.24, 2.45) is 5.92 Å². The van der Waals surface area contributed by atoms with Crippen LogP contribution in [0.5, 0.6) is 0 Å². The van der Waals surface area contributed by atoms with Gasteiger partial charge in [-0.15, -0.1) is 0 Å². The molecule has 1 aliphatic rings. The predicted molar refractivity (Wildman–Crippen MR) is 100 cm³/mol. The quantitative estimate of drug-likeness (QED) is 0.810. The van der Waals surface area contributed by atoms with Gasteiger partial charge < -0.3 is 5.32 Å². The van der Waals surface area contributed by atoms with E-state index in [2.05, 4.69) is 19.2 Å². The van der Waals surface area contributed by atoms with E-state index in [1.165, 1.54) is 16.4 Å². The van der Waals surface area contributed by atoms with Crippen molar-refractivity contribution in [2.75, 3.05) is 19.6 Å². The zero-order valence-corrected chi connectivity index (χ0v) is 16.5. The van der Waals surface area contributed by atoms with Crippen LogP contribution < -0.4 is 5.32 Å². The Morgan fingerprint density at radius 2 is 1.84 bits per heavy atom. The van der Waals surface area contributed by atoms with Gasteiger partial charge in [-0.25, -0.2) is 8.42 Å². The van der Waals surface area contributed by atoms with Crippen molar-refractivity contribution in [2.45, 2.75) is 50.8 Å². The molecule has 1 heterocycles. The number of halogens is 1. The van der Waals surface area contributed by atoms with Gasteiger partial charge in [-0.3, -0.25) is 4.79 Å². The Labute approximate surface area is 155 Å². The predicted octanol–water partition coefficient (Wildman–Crippen LogP) is 3.68. The Morgan fingerprint density at radius 3 is 2.44 bits per heavy atom. The van der Waals surface area contributed by atoms with Crippen LogP contribution in [0.15, 0.2) is 23.1 Å². The van der Waals surface area contributed by atoms with Crippen LogP contribution in [-0.4, -0.2) is 38.3 Å². The summed E-state index contributed by atoms with van der Waals surface area (Å²) < 4.78 is 27.4. The zero-order chi connectivity index (χ0) is 18.4. The number of sulfonamides is 1. The molecule has 0 radical (unpaired) electrons. The SMILES string of the molecule is CC(C)CCNC(=O)c1ccc(Cl)c(S(=O)(=O)N2CCCCCC2)c1.